The van der Waals surface area contributed by atoms with Crippen molar-refractivity contribution in [3.63, 3.8) is 0 Å². The van der Waals surface area contributed by atoms with Crippen LogP contribution in [0.4, 0.5) is 13.2 Å². The third-order valence-electron chi connectivity index (χ3n) is 3.01. The number of alkyl halides is 3. The highest BCUT2D eigenvalue weighted by Gasteiger charge is 2.31. The number of hydrogen-bond acceptors (Lipinski definition) is 4. The van der Waals surface area contributed by atoms with Gasteiger partial charge in [-0.15, -0.1) is 6.58 Å². The molecule has 0 heterocycles. The van der Waals surface area contributed by atoms with Gasteiger partial charge in [-0.3, -0.25) is 9.59 Å². The molecule has 0 spiro atoms. The average molecular weight is 372 g/mol. The van der Waals surface area contributed by atoms with Gasteiger partial charge in [-0.05, 0) is 23.8 Å². The molecule has 0 aliphatic carbocycles. The molecule has 0 bridgehead atoms. The fourth-order valence-electron chi connectivity index (χ4n) is 1.93. The number of ether oxygens (including phenoxy) is 2. The van der Waals surface area contributed by atoms with Crippen molar-refractivity contribution in [2.24, 2.45) is 5.73 Å². The van der Waals surface area contributed by atoms with Gasteiger partial charge in [0.15, 0.2) is 18.1 Å². The molecule has 142 valence electrons. The van der Waals surface area contributed by atoms with Crippen molar-refractivity contribution >= 4 is 17.9 Å². The fraction of sp³-hybridized carbons (Fsp3) is 0.294. The highest BCUT2D eigenvalue weighted by atomic mass is 19.4. The first kappa shape index (κ1) is 21.1. The third kappa shape index (κ3) is 7.29. The summed E-state index contributed by atoms with van der Waals surface area (Å²) in [5, 5.41) is 0. The maximum Gasteiger partial charge on any atom is 0.406 e. The quantitative estimate of drug-likeness (QED) is 0.532. The molecule has 1 rings (SSSR count). The predicted octanol–water partition coefficient (Wildman–Crippen LogP) is 2.15. The Bertz CT molecular complexity index is 687. The van der Waals surface area contributed by atoms with Crippen LogP contribution in [0.3, 0.4) is 0 Å². The molecule has 0 saturated heterocycles. The maximum atomic E-state index is 12.5. The first-order valence-corrected chi connectivity index (χ1v) is 7.40. The van der Waals surface area contributed by atoms with Crippen molar-refractivity contribution in [3.8, 4) is 11.5 Å². The van der Waals surface area contributed by atoms with Gasteiger partial charge in [0.2, 0.25) is 5.91 Å². The lowest BCUT2D eigenvalue weighted by molar-refractivity contribution is -0.157. The highest BCUT2D eigenvalue weighted by molar-refractivity contribution is 5.92. The van der Waals surface area contributed by atoms with Crippen LogP contribution in [-0.4, -0.2) is 49.7 Å². The number of nitrogens with two attached hydrogens (primary N) is 1. The second kappa shape index (κ2) is 9.50. The number of primary amides is 1. The normalized spacial score (nSPS) is 11.2. The van der Waals surface area contributed by atoms with Crippen molar-refractivity contribution in [2.45, 2.75) is 6.18 Å². The predicted molar refractivity (Wildman–Crippen MR) is 89.5 cm³/mol. The number of carbonyl (C=O) groups excluding carboxylic acids is 2. The minimum absolute atomic E-state index is 0.230. The zero-order chi connectivity index (χ0) is 19.7. The first-order valence-electron chi connectivity index (χ1n) is 7.40. The van der Waals surface area contributed by atoms with E-state index in [1.807, 2.05) is 0 Å². The van der Waals surface area contributed by atoms with E-state index >= 15 is 0 Å². The number of rotatable bonds is 9. The van der Waals surface area contributed by atoms with Gasteiger partial charge >= 0.3 is 6.18 Å². The molecular weight excluding hydrogens is 353 g/mol. The van der Waals surface area contributed by atoms with Crippen molar-refractivity contribution in [2.75, 3.05) is 26.8 Å². The van der Waals surface area contributed by atoms with Crippen LogP contribution in [0.5, 0.6) is 11.5 Å². The van der Waals surface area contributed by atoms with Gasteiger partial charge in [-0.25, -0.2) is 0 Å². The molecule has 9 heteroatoms. The first-order chi connectivity index (χ1) is 12.2. The Morgan fingerprint density at radius 3 is 2.54 bits per heavy atom. The maximum absolute atomic E-state index is 12.5. The molecule has 0 unspecified atom stereocenters. The van der Waals surface area contributed by atoms with Gasteiger partial charge in [0.05, 0.1) is 7.11 Å². The second-order valence-electron chi connectivity index (χ2n) is 5.12. The second-order valence-corrected chi connectivity index (χ2v) is 5.12. The molecule has 0 fully saturated rings. The Hall–Kier alpha value is -2.97. The van der Waals surface area contributed by atoms with E-state index in [1.54, 1.807) is 6.07 Å². The summed E-state index contributed by atoms with van der Waals surface area (Å²) in [6.07, 6.45) is -0.927. The van der Waals surface area contributed by atoms with Crippen molar-refractivity contribution < 1.29 is 32.2 Å². The van der Waals surface area contributed by atoms with Crippen LogP contribution in [0, 0.1) is 0 Å². The summed E-state index contributed by atoms with van der Waals surface area (Å²) >= 11 is 0. The number of carbonyl (C=O) groups is 2. The average Bonchev–Trinajstić information content (AvgIpc) is 2.56. The molecule has 0 aliphatic rings. The Morgan fingerprint density at radius 1 is 1.31 bits per heavy atom. The molecule has 26 heavy (non-hydrogen) atoms. The lowest BCUT2D eigenvalue weighted by Gasteiger charge is -2.20. The topological polar surface area (TPSA) is 81.9 Å². The summed E-state index contributed by atoms with van der Waals surface area (Å²) in [5.41, 5.74) is 5.49. The van der Waals surface area contributed by atoms with Crippen molar-refractivity contribution in [1.82, 2.24) is 4.90 Å². The molecule has 0 saturated carbocycles. The van der Waals surface area contributed by atoms with E-state index in [1.165, 1.54) is 31.4 Å². The molecule has 6 nitrogen and oxygen atoms in total. The third-order valence-corrected chi connectivity index (χ3v) is 3.01. The molecule has 0 aliphatic heterocycles. The largest absolute Gasteiger partial charge is 0.493 e. The lowest BCUT2D eigenvalue weighted by atomic mass is 10.2. The van der Waals surface area contributed by atoms with Crippen LogP contribution in [0.15, 0.2) is 36.9 Å². The Balaban J connectivity index is 2.89. The number of hydrogen-bond donors (Lipinski definition) is 1. The summed E-state index contributed by atoms with van der Waals surface area (Å²) in [4.78, 5) is 23.3. The molecule has 2 N–H and O–H groups in total. The van der Waals surface area contributed by atoms with E-state index in [9.17, 15) is 22.8 Å². The van der Waals surface area contributed by atoms with Gasteiger partial charge in [0.1, 0.15) is 6.54 Å². The minimum atomic E-state index is -4.50. The highest BCUT2D eigenvalue weighted by Crippen LogP contribution is 2.28. The van der Waals surface area contributed by atoms with Crippen LogP contribution in [0.2, 0.25) is 0 Å². The van der Waals surface area contributed by atoms with Crippen molar-refractivity contribution in [1.29, 1.82) is 0 Å². The molecule has 1 aromatic rings. The molecule has 0 radical (unpaired) electrons. The van der Waals surface area contributed by atoms with E-state index in [4.69, 9.17) is 15.2 Å². The van der Waals surface area contributed by atoms with E-state index in [-0.39, 0.29) is 24.7 Å². The molecule has 0 atom stereocenters. The number of halogens is 3. The molecule has 2 amide bonds. The summed E-state index contributed by atoms with van der Waals surface area (Å²) in [5.74, 6) is -0.928. The van der Waals surface area contributed by atoms with E-state index in [0.29, 0.717) is 10.5 Å². The number of methoxy groups -OCH3 is 1. The molecule has 0 aromatic heterocycles. The van der Waals surface area contributed by atoms with Crippen LogP contribution in [-0.2, 0) is 9.59 Å². The smallest absolute Gasteiger partial charge is 0.406 e. The monoisotopic (exact) mass is 372 g/mol. The molecule has 1 aromatic carbocycles. The standard InChI is InChI=1S/C17H19F3N2O4/c1-3-8-22(11-17(18,19)20)16(24)7-5-12-4-6-13(14(9-12)25-2)26-10-15(21)23/h3-7,9H,1,8,10-11H2,2H3,(H2,21,23). The Kier molecular flexibility index (Phi) is 7.70. The van der Waals surface area contributed by atoms with Crippen LogP contribution < -0.4 is 15.2 Å². The van der Waals surface area contributed by atoms with Gasteiger partial charge in [-0.2, -0.15) is 13.2 Å². The molecular formula is C17H19F3N2O4. The van der Waals surface area contributed by atoms with Gasteiger partial charge in [0, 0.05) is 12.6 Å². The summed E-state index contributed by atoms with van der Waals surface area (Å²) in [6, 6.07) is 4.54. The summed E-state index contributed by atoms with van der Waals surface area (Å²) in [6.45, 7) is 1.41. The zero-order valence-corrected chi connectivity index (χ0v) is 14.1. The zero-order valence-electron chi connectivity index (χ0n) is 14.1. The van der Waals surface area contributed by atoms with Crippen LogP contribution in [0.25, 0.3) is 6.08 Å². The van der Waals surface area contributed by atoms with Gasteiger partial charge < -0.3 is 20.1 Å². The van der Waals surface area contributed by atoms with Crippen molar-refractivity contribution in [3.05, 3.63) is 42.5 Å². The van der Waals surface area contributed by atoms with E-state index in [2.05, 4.69) is 6.58 Å². The van der Waals surface area contributed by atoms with E-state index in [0.717, 1.165) is 6.08 Å². The number of benzene rings is 1. The van der Waals surface area contributed by atoms with Crippen LogP contribution >= 0.6 is 0 Å². The lowest BCUT2D eigenvalue weighted by Crippen LogP contribution is -2.38. The fourth-order valence-corrected chi connectivity index (χ4v) is 1.93. The van der Waals surface area contributed by atoms with E-state index < -0.39 is 24.5 Å². The number of amides is 2. The SMILES string of the molecule is C=CCN(CC(F)(F)F)C(=O)C=Cc1ccc(OCC(N)=O)c(OC)c1. The minimum Gasteiger partial charge on any atom is -0.493 e. The Morgan fingerprint density at radius 2 is 2.00 bits per heavy atom. The summed E-state index contributed by atoms with van der Waals surface area (Å²) < 4.78 is 47.8. The summed E-state index contributed by atoms with van der Waals surface area (Å²) in [7, 11) is 1.38. The van der Waals surface area contributed by atoms with Gasteiger partial charge in [-0.1, -0.05) is 12.1 Å². The van der Waals surface area contributed by atoms with Crippen LogP contribution in [0.1, 0.15) is 5.56 Å². The van der Waals surface area contributed by atoms with Gasteiger partial charge in [0.25, 0.3) is 5.91 Å². The number of nitrogens with zero attached hydrogens (tertiary/aromatic N) is 1. The Labute approximate surface area is 148 Å².